The van der Waals surface area contributed by atoms with Gasteiger partial charge in [0.15, 0.2) is 0 Å². The van der Waals surface area contributed by atoms with Crippen molar-refractivity contribution in [3.8, 4) is 0 Å². The van der Waals surface area contributed by atoms with E-state index in [1.165, 1.54) is 43.0 Å². The summed E-state index contributed by atoms with van der Waals surface area (Å²) in [6.07, 6.45) is 3.81. The van der Waals surface area contributed by atoms with Crippen LogP contribution in [0.1, 0.15) is 49.8 Å². The first-order valence-electron chi connectivity index (χ1n) is 5.26. The first kappa shape index (κ1) is 8.79. The molecule has 2 nitrogen and oxygen atoms in total. The van der Waals surface area contributed by atoms with Crippen LogP contribution in [0.4, 0.5) is 0 Å². The Bertz CT molecular complexity index is 310. The van der Waals surface area contributed by atoms with Crippen molar-refractivity contribution >= 4 is 0 Å². The van der Waals surface area contributed by atoms with Crippen molar-refractivity contribution < 1.29 is 0 Å². The maximum atomic E-state index is 4.64. The van der Waals surface area contributed by atoms with Gasteiger partial charge in [0, 0.05) is 18.7 Å². The van der Waals surface area contributed by atoms with Crippen LogP contribution in [0, 0.1) is 6.92 Å². The molecule has 0 aliphatic carbocycles. The predicted molar refractivity (Wildman–Crippen MR) is 54.0 cm³/mol. The SMILES string of the molecule is Cc1nc2n(c1C(C)C)CCCC2. The summed E-state index contributed by atoms with van der Waals surface area (Å²) in [5.41, 5.74) is 2.70. The predicted octanol–water partition coefficient (Wildman–Crippen LogP) is 2.65. The summed E-state index contributed by atoms with van der Waals surface area (Å²) in [5.74, 6) is 1.92. The van der Waals surface area contributed by atoms with Gasteiger partial charge in [-0.15, -0.1) is 0 Å². The fourth-order valence-electron chi connectivity index (χ4n) is 2.37. The minimum Gasteiger partial charge on any atom is -0.332 e. The molecule has 2 rings (SSSR count). The van der Waals surface area contributed by atoms with Crippen molar-refractivity contribution in [1.29, 1.82) is 0 Å². The zero-order valence-electron chi connectivity index (χ0n) is 8.80. The number of hydrogen-bond donors (Lipinski definition) is 0. The van der Waals surface area contributed by atoms with Crippen LogP contribution >= 0.6 is 0 Å². The van der Waals surface area contributed by atoms with E-state index in [0.29, 0.717) is 5.92 Å². The summed E-state index contributed by atoms with van der Waals surface area (Å²) in [6.45, 7) is 7.84. The van der Waals surface area contributed by atoms with Crippen molar-refractivity contribution in [2.45, 2.75) is 52.5 Å². The highest BCUT2D eigenvalue weighted by atomic mass is 15.1. The van der Waals surface area contributed by atoms with E-state index in [4.69, 9.17) is 0 Å². The van der Waals surface area contributed by atoms with E-state index in [2.05, 4.69) is 30.3 Å². The Morgan fingerprint density at radius 3 is 2.77 bits per heavy atom. The summed E-state index contributed by atoms with van der Waals surface area (Å²) in [5, 5.41) is 0. The Hall–Kier alpha value is -0.790. The van der Waals surface area contributed by atoms with Crippen LogP contribution in [0.5, 0.6) is 0 Å². The second kappa shape index (κ2) is 3.17. The highest BCUT2D eigenvalue weighted by molar-refractivity contribution is 5.20. The normalized spacial score (nSPS) is 16.3. The van der Waals surface area contributed by atoms with Crippen LogP contribution in [0.2, 0.25) is 0 Å². The average Bonchev–Trinajstić information content (AvgIpc) is 2.39. The lowest BCUT2D eigenvalue weighted by Gasteiger charge is -2.18. The molecule has 0 spiro atoms. The van der Waals surface area contributed by atoms with Gasteiger partial charge in [-0.1, -0.05) is 13.8 Å². The van der Waals surface area contributed by atoms with Crippen LogP contribution in [0.25, 0.3) is 0 Å². The molecule has 0 aromatic carbocycles. The zero-order valence-corrected chi connectivity index (χ0v) is 8.80. The van der Waals surface area contributed by atoms with E-state index < -0.39 is 0 Å². The van der Waals surface area contributed by atoms with Gasteiger partial charge in [-0.2, -0.15) is 0 Å². The lowest BCUT2D eigenvalue weighted by molar-refractivity contribution is 0.500. The Morgan fingerprint density at radius 2 is 2.08 bits per heavy atom. The van der Waals surface area contributed by atoms with Gasteiger partial charge in [-0.05, 0) is 25.7 Å². The number of rotatable bonds is 1. The molecule has 0 saturated heterocycles. The number of hydrogen-bond acceptors (Lipinski definition) is 1. The third kappa shape index (κ3) is 1.38. The Balaban J connectivity index is 2.48. The molecule has 0 amide bonds. The Kier molecular flexibility index (Phi) is 2.14. The van der Waals surface area contributed by atoms with Gasteiger partial charge in [0.25, 0.3) is 0 Å². The average molecular weight is 178 g/mol. The van der Waals surface area contributed by atoms with Crippen LogP contribution < -0.4 is 0 Å². The fourth-order valence-corrected chi connectivity index (χ4v) is 2.37. The third-order valence-corrected chi connectivity index (χ3v) is 2.85. The zero-order chi connectivity index (χ0) is 9.42. The summed E-state index contributed by atoms with van der Waals surface area (Å²) >= 11 is 0. The molecule has 0 atom stereocenters. The smallest absolute Gasteiger partial charge is 0.109 e. The van der Waals surface area contributed by atoms with Gasteiger partial charge in [0.2, 0.25) is 0 Å². The van der Waals surface area contributed by atoms with Crippen LogP contribution in [0.15, 0.2) is 0 Å². The summed E-state index contributed by atoms with van der Waals surface area (Å²) < 4.78 is 2.43. The number of aromatic nitrogens is 2. The molecule has 1 aromatic heterocycles. The standard InChI is InChI=1S/C11H18N2/c1-8(2)11-9(3)12-10-6-4-5-7-13(10)11/h8H,4-7H2,1-3H3. The third-order valence-electron chi connectivity index (χ3n) is 2.85. The molecule has 13 heavy (non-hydrogen) atoms. The van der Waals surface area contributed by atoms with Crippen molar-refractivity contribution in [2.24, 2.45) is 0 Å². The van der Waals surface area contributed by atoms with Gasteiger partial charge in [0.1, 0.15) is 5.82 Å². The molecule has 0 unspecified atom stereocenters. The summed E-state index contributed by atoms with van der Waals surface area (Å²) in [6, 6.07) is 0. The molecule has 1 aromatic rings. The number of fused-ring (bicyclic) bond motifs is 1. The molecule has 0 bridgehead atoms. The van der Waals surface area contributed by atoms with E-state index in [1.807, 2.05) is 0 Å². The maximum Gasteiger partial charge on any atom is 0.109 e. The highest BCUT2D eigenvalue weighted by Crippen LogP contribution is 2.24. The van der Waals surface area contributed by atoms with Gasteiger partial charge in [0.05, 0.1) is 5.69 Å². The largest absolute Gasteiger partial charge is 0.332 e. The molecule has 0 N–H and O–H groups in total. The number of aryl methyl sites for hydroxylation is 2. The van der Waals surface area contributed by atoms with Gasteiger partial charge in [-0.25, -0.2) is 4.98 Å². The van der Waals surface area contributed by atoms with E-state index in [-0.39, 0.29) is 0 Å². The fraction of sp³-hybridized carbons (Fsp3) is 0.727. The van der Waals surface area contributed by atoms with Crippen molar-refractivity contribution in [3.63, 3.8) is 0 Å². The second-order valence-corrected chi connectivity index (χ2v) is 4.26. The van der Waals surface area contributed by atoms with Crippen LogP contribution in [-0.2, 0) is 13.0 Å². The van der Waals surface area contributed by atoms with Gasteiger partial charge < -0.3 is 4.57 Å². The molecular formula is C11H18N2. The van der Waals surface area contributed by atoms with Crippen molar-refractivity contribution in [2.75, 3.05) is 0 Å². The van der Waals surface area contributed by atoms with E-state index in [1.54, 1.807) is 0 Å². The lowest BCUT2D eigenvalue weighted by Crippen LogP contribution is -2.13. The Morgan fingerprint density at radius 1 is 1.31 bits per heavy atom. The molecule has 72 valence electrons. The second-order valence-electron chi connectivity index (χ2n) is 4.26. The first-order valence-corrected chi connectivity index (χ1v) is 5.26. The van der Waals surface area contributed by atoms with Gasteiger partial charge >= 0.3 is 0 Å². The van der Waals surface area contributed by atoms with Crippen LogP contribution in [0.3, 0.4) is 0 Å². The summed E-state index contributed by atoms with van der Waals surface area (Å²) in [4.78, 5) is 4.64. The summed E-state index contributed by atoms with van der Waals surface area (Å²) in [7, 11) is 0. The molecule has 0 radical (unpaired) electrons. The monoisotopic (exact) mass is 178 g/mol. The highest BCUT2D eigenvalue weighted by Gasteiger charge is 2.18. The van der Waals surface area contributed by atoms with Crippen molar-refractivity contribution in [1.82, 2.24) is 9.55 Å². The van der Waals surface area contributed by atoms with E-state index >= 15 is 0 Å². The molecular weight excluding hydrogens is 160 g/mol. The quantitative estimate of drug-likeness (QED) is 0.646. The van der Waals surface area contributed by atoms with E-state index in [0.717, 1.165) is 0 Å². The number of imidazole rings is 1. The van der Waals surface area contributed by atoms with Crippen LogP contribution in [-0.4, -0.2) is 9.55 Å². The minimum atomic E-state index is 0.611. The first-order chi connectivity index (χ1) is 6.20. The lowest BCUT2D eigenvalue weighted by atomic mass is 10.1. The Labute approximate surface area is 80.0 Å². The molecule has 0 saturated carbocycles. The molecule has 1 aliphatic rings. The molecule has 2 heteroatoms. The van der Waals surface area contributed by atoms with E-state index in [9.17, 15) is 0 Å². The van der Waals surface area contributed by atoms with Gasteiger partial charge in [-0.3, -0.25) is 0 Å². The molecule has 2 heterocycles. The molecule has 0 fully saturated rings. The maximum absolute atomic E-state index is 4.64. The minimum absolute atomic E-state index is 0.611. The topological polar surface area (TPSA) is 17.8 Å². The van der Waals surface area contributed by atoms with Crippen molar-refractivity contribution in [3.05, 3.63) is 17.2 Å². The number of nitrogens with zero attached hydrogens (tertiary/aromatic N) is 2. The molecule has 1 aliphatic heterocycles.